The molecule has 3 nitrogen and oxygen atoms in total. The molecular weight excluding hydrogens is 282 g/mol. The fraction of sp³-hybridized carbons (Fsp3) is 0.412. The van der Waals surface area contributed by atoms with E-state index in [9.17, 15) is 4.79 Å². The van der Waals surface area contributed by atoms with Crippen LogP contribution in [0.5, 0.6) is 0 Å². The molecule has 2 fully saturated rings. The van der Waals surface area contributed by atoms with Crippen molar-refractivity contribution in [3.63, 3.8) is 0 Å². The number of rotatable bonds is 3. The van der Waals surface area contributed by atoms with Crippen LogP contribution in [0.1, 0.15) is 47.0 Å². The van der Waals surface area contributed by atoms with Crippen molar-refractivity contribution < 1.29 is 9.90 Å². The number of nitrogens with zero attached hydrogens (tertiary/aromatic N) is 1. The Hall–Kier alpha value is -1.68. The maximum absolute atomic E-state index is 10.9. The lowest BCUT2D eigenvalue weighted by atomic mass is 9.89. The minimum Gasteiger partial charge on any atom is -0.478 e. The van der Waals surface area contributed by atoms with Gasteiger partial charge in [-0.05, 0) is 43.2 Å². The van der Waals surface area contributed by atoms with Gasteiger partial charge in [-0.3, -0.25) is 0 Å². The van der Waals surface area contributed by atoms with E-state index in [2.05, 4.69) is 5.38 Å². The molecule has 1 aromatic heterocycles. The zero-order chi connectivity index (χ0) is 14.4. The van der Waals surface area contributed by atoms with Crippen molar-refractivity contribution >= 4 is 17.3 Å². The average molecular weight is 299 g/mol. The van der Waals surface area contributed by atoms with E-state index in [1.54, 1.807) is 23.5 Å². The standard InChI is InChI=1S/C17H17NO2S/c19-17(20)12-5-3-11(4-6-12)15-9-21-16(18-15)14-8-10-1-2-13(14)7-10/h3-6,9-10,13-14H,1-2,7-8H2,(H,19,20). The summed E-state index contributed by atoms with van der Waals surface area (Å²) < 4.78 is 0. The molecule has 0 aliphatic heterocycles. The van der Waals surface area contributed by atoms with Crippen molar-refractivity contribution in [2.75, 3.05) is 0 Å². The van der Waals surface area contributed by atoms with Crippen LogP contribution in [-0.4, -0.2) is 16.1 Å². The predicted octanol–water partition coefficient (Wildman–Crippen LogP) is 4.41. The predicted molar refractivity (Wildman–Crippen MR) is 82.7 cm³/mol. The number of benzene rings is 1. The number of hydrogen-bond acceptors (Lipinski definition) is 3. The Bertz CT molecular complexity index is 676. The van der Waals surface area contributed by atoms with Crippen molar-refractivity contribution in [2.24, 2.45) is 11.8 Å². The van der Waals surface area contributed by atoms with Crippen LogP contribution in [0.4, 0.5) is 0 Å². The van der Waals surface area contributed by atoms with Gasteiger partial charge in [0.1, 0.15) is 0 Å². The Morgan fingerprint density at radius 1 is 1.19 bits per heavy atom. The van der Waals surface area contributed by atoms with E-state index in [-0.39, 0.29) is 0 Å². The van der Waals surface area contributed by atoms with Crippen molar-refractivity contribution in [1.82, 2.24) is 4.98 Å². The van der Waals surface area contributed by atoms with E-state index in [1.165, 1.54) is 30.7 Å². The smallest absolute Gasteiger partial charge is 0.335 e. The van der Waals surface area contributed by atoms with Gasteiger partial charge in [-0.15, -0.1) is 11.3 Å². The van der Waals surface area contributed by atoms with Crippen molar-refractivity contribution in [3.05, 3.63) is 40.2 Å². The molecule has 2 aliphatic rings. The monoisotopic (exact) mass is 299 g/mol. The number of carboxylic acid groups (broad SMARTS) is 1. The van der Waals surface area contributed by atoms with Crippen LogP contribution in [0, 0.1) is 11.8 Å². The summed E-state index contributed by atoms with van der Waals surface area (Å²) in [5.41, 5.74) is 2.31. The van der Waals surface area contributed by atoms with Crippen LogP contribution in [0.2, 0.25) is 0 Å². The average Bonchev–Trinajstić information content (AvgIpc) is 3.23. The minimum atomic E-state index is -0.887. The van der Waals surface area contributed by atoms with Gasteiger partial charge in [-0.2, -0.15) is 0 Å². The van der Waals surface area contributed by atoms with Crippen molar-refractivity contribution in [2.45, 2.75) is 31.6 Å². The summed E-state index contributed by atoms with van der Waals surface area (Å²) in [7, 11) is 0. The lowest BCUT2D eigenvalue weighted by molar-refractivity contribution is 0.0697. The zero-order valence-electron chi connectivity index (χ0n) is 11.7. The Balaban J connectivity index is 1.58. The second kappa shape index (κ2) is 4.95. The van der Waals surface area contributed by atoms with Crippen LogP contribution in [0.15, 0.2) is 29.6 Å². The van der Waals surface area contributed by atoms with Crippen LogP contribution in [0.25, 0.3) is 11.3 Å². The first kappa shape index (κ1) is 13.0. The minimum absolute atomic E-state index is 0.322. The van der Waals surface area contributed by atoms with E-state index in [0.717, 1.165) is 23.1 Å². The number of aromatic nitrogens is 1. The maximum atomic E-state index is 10.9. The molecule has 2 saturated carbocycles. The number of fused-ring (bicyclic) bond motifs is 2. The molecule has 1 N–H and O–H groups in total. The fourth-order valence-electron chi connectivity index (χ4n) is 3.92. The second-order valence-corrected chi connectivity index (χ2v) is 7.12. The molecular formula is C17H17NO2S. The molecule has 0 radical (unpaired) electrons. The summed E-state index contributed by atoms with van der Waals surface area (Å²) >= 11 is 1.76. The number of thiazole rings is 1. The Labute approximate surface area is 127 Å². The Morgan fingerprint density at radius 2 is 2.00 bits per heavy atom. The molecule has 2 aliphatic carbocycles. The van der Waals surface area contributed by atoms with Gasteiger partial charge < -0.3 is 5.11 Å². The molecule has 4 rings (SSSR count). The molecule has 1 aromatic carbocycles. The zero-order valence-corrected chi connectivity index (χ0v) is 12.5. The third-order valence-corrected chi connectivity index (χ3v) is 5.98. The maximum Gasteiger partial charge on any atom is 0.335 e. The molecule has 1 heterocycles. The highest BCUT2D eigenvalue weighted by molar-refractivity contribution is 7.10. The number of hydrogen-bond donors (Lipinski definition) is 1. The molecule has 3 unspecified atom stereocenters. The van der Waals surface area contributed by atoms with Gasteiger partial charge in [0.2, 0.25) is 0 Å². The molecule has 108 valence electrons. The highest BCUT2D eigenvalue weighted by atomic mass is 32.1. The molecule has 2 bridgehead atoms. The topological polar surface area (TPSA) is 50.2 Å². The first-order chi connectivity index (χ1) is 10.2. The first-order valence-electron chi connectivity index (χ1n) is 7.50. The number of aromatic carboxylic acids is 1. The summed E-state index contributed by atoms with van der Waals surface area (Å²) in [6, 6.07) is 6.99. The van der Waals surface area contributed by atoms with E-state index in [1.807, 2.05) is 12.1 Å². The number of carboxylic acids is 1. The van der Waals surface area contributed by atoms with Crippen molar-refractivity contribution in [3.8, 4) is 11.3 Å². The van der Waals surface area contributed by atoms with Crippen molar-refractivity contribution in [1.29, 1.82) is 0 Å². The third kappa shape index (κ3) is 2.27. The lowest BCUT2D eigenvalue weighted by Gasteiger charge is -2.18. The van der Waals surface area contributed by atoms with E-state index >= 15 is 0 Å². The molecule has 2 aromatic rings. The van der Waals surface area contributed by atoms with E-state index in [4.69, 9.17) is 10.1 Å². The largest absolute Gasteiger partial charge is 0.478 e. The van der Waals surface area contributed by atoms with Gasteiger partial charge in [0.25, 0.3) is 0 Å². The molecule has 0 amide bonds. The van der Waals surface area contributed by atoms with Gasteiger partial charge in [0, 0.05) is 16.9 Å². The van der Waals surface area contributed by atoms with Gasteiger partial charge in [0.05, 0.1) is 16.3 Å². The van der Waals surface area contributed by atoms with Gasteiger partial charge in [0.15, 0.2) is 0 Å². The normalized spacial score (nSPS) is 27.1. The first-order valence-corrected chi connectivity index (χ1v) is 8.38. The van der Waals surface area contributed by atoms with Gasteiger partial charge in [-0.25, -0.2) is 9.78 Å². The fourth-order valence-corrected chi connectivity index (χ4v) is 4.96. The summed E-state index contributed by atoms with van der Waals surface area (Å²) in [5.74, 6) is 1.56. The molecule has 21 heavy (non-hydrogen) atoms. The van der Waals surface area contributed by atoms with Gasteiger partial charge in [-0.1, -0.05) is 18.6 Å². The van der Waals surface area contributed by atoms with Gasteiger partial charge >= 0.3 is 5.97 Å². The van der Waals surface area contributed by atoms with Crippen LogP contribution in [-0.2, 0) is 0 Å². The summed E-state index contributed by atoms with van der Waals surface area (Å²) in [6.07, 6.45) is 5.50. The van der Waals surface area contributed by atoms with Crippen LogP contribution in [0.3, 0.4) is 0 Å². The summed E-state index contributed by atoms with van der Waals surface area (Å²) in [6.45, 7) is 0. The quantitative estimate of drug-likeness (QED) is 0.913. The molecule has 0 saturated heterocycles. The Morgan fingerprint density at radius 3 is 2.62 bits per heavy atom. The third-order valence-electron chi connectivity index (χ3n) is 5.00. The van der Waals surface area contributed by atoms with E-state index < -0.39 is 5.97 Å². The molecule has 3 atom stereocenters. The molecule has 4 heteroatoms. The highest BCUT2D eigenvalue weighted by Gasteiger charge is 2.41. The van der Waals surface area contributed by atoms with E-state index in [0.29, 0.717) is 11.5 Å². The lowest BCUT2D eigenvalue weighted by Crippen LogP contribution is -2.07. The number of carbonyl (C=O) groups is 1. The Kier molecular flexibility index (Phi) is 3.07. The summed E-state index contributed by atoms with van der Waals surface area (Å²) in [5, 5.41) is 12.3. The highest BCUT2D eigenvalue weighted by Crippen LogP contribution is 2.53. The van der Waals surface area contributed by atoms with Crippen LogP contribution < -0.4 is 0 Å². The second-order valence-electron chi connectivity index (χ2n) is 6.23. The SMILES string of the molecule is O=C(O)c1ccc(-c2csc(C3CC4CCC3C4)n2)cc1. The summed E-state index contributed by atoms with van der Waals surface area (Å²) in [4.78, 5) is 15.7. The van der Waals surface area contributed by atoms with Crippen LogP contribution >= 0.6 is 11.3 Å². The molecule has 0 spiro atoms.